The number of benzene rings is 2. The summed E-state index contributed by atoms with van der Waals surface area (Å²) in [6.07, 6.45) is 3.95. The zero-order chi connectivity index (χ0) is 27.4. The molecule has 0 radical (unpaired) electrons. The van der Waals surface area contributed by atoms with Crippen LogP contribution in [0.1, 0.15) is 70.1 Å². The minimum atomic E-state index is -1.00. The van der Waals surface area contributed by atoms with Gasteiger partial charge in [0.1, 0.15) is 11.6 Å². The predicted molar refractivity (Wildman–Crippen MR) is 145 cm³/mol. The highest BCUT2D eigenvalue weighted by atomic mass is 32.2. The molecule has 3 atom stereocenters. The highest BCUT2D eigenvalue weighted by Crippen LogP contribution is 2.40. The van der Waals surface area contributed by atoms with Gasteiger partial charge in [0, 0.05) is 47.4 Å². The fraction of sp³-hybridized carbons (Fsp3) is 0.552. The predicted octanol–water partition coefficient (Wildman–Crippen LogP) is 4.48. The second-order valence-electron chi connectivity index (χ2n) is 11.3. The molecule has 0 spiro atoms. The highest BCUT2D eigenvalue weighted by Gasteiger charge is 2.39. The highest BCUT2D eigenvalue weighted by molar-refractivity contribution is 7.84. The van der Waals surface area contributed by atoms with Crippen molar-refractivity contribution in [2.45, 2.75) is 88.1 Å². The van der Waals surface area contributed by atoms with E-state index in [0.29, 0.717) is 5.56 Å². The Bertz CT molecular complexity index is 1090. The van der Waals surface area contributed by atoms with E-state index in [9.17, 15) is 22.9 Å². The molecule has 204 valence electrons. The monoisotopic (exact) mass is 534 g/mol. The van der Waals surface area contributed by atoms with E-state index in [2.05, 4.69) is 55.7 Å². The number of nitrogens with one attached hydrogen (secondary N) is 2. The van der Waals surface area contributed by atoms with Gasteiger partial charge in [0.2, 0.25) is 5.91 Å². The number of hydrogen-bond acceptors (Lipinski definition) is 4. The fourth-order valence-electron chi connectivity index (χ4n) is 5.24. The molecule has 0 saturated heterocycles. The molecule has 2 aromatic rings. The maximum atomic E-state index is 13.8. The van der Waals surface area contributed by atoms with Gasteiger partial charge in [-0.25, -0.2) is 8.78 Å². The van der Waals surface area contributed by atoms with E-state index < -0.39 is 40.1 Å². The summed E-state index contributed by atoms with van der Waals surface area (Å²) in [5.74, 6) is -1.74. The van der Waals surface area contributed by atoms with Gasteiger partial charge in [-0.15, -0.1) is 0 Å². The number of aliphatic hydroxyl groups is 1. The maximum absolute atomic E-state index is 13.8. The van der Waals surface area contributed by atoms with Gasteiger partial charge in [-0.2, -0.15) is 0 Å². The molecule has 37 heavy (non-hydrogen) atoms. The first-order chi connectivity index (χ1) is 17.3. The van der Waals surface area contributed by atoms with Crippen LogP contribution in [-0.2, 0) is 33.0 Å². The van der Waals surface area contributed by atoms with E-state index in [1.807, 2.05) is 0 Å². The summed E-state index contributed by atoms with van der Waals surface area (Å²) in [4.78, 5) is 11.9. The molecule has 1 aliphatic carbocycles. The van der Waals surface area contributed by atoms with Crippen molar-refractivity contribution in [1.29, 1.82) is 0 Å². The Kier molecular flexibility index (Phi) is 9.64. The van der Waals surface area contributed by atoms with Crippen LogP contribution in [0.5, 0.6) is 0 Å². The van der Waals surface area contributed by atoms with Crippen LogP contribution in [0.3, 0.4) is 0 Å². The molecular weight excluding hydrogens is 494 g/mol. The van der Waals surface area contributed by atoms with E-state index in [0.717, 1.165) is 37.3 Å². The van der Waals surface area contributed by atoms with Gasteiger partial charge in [-0.3, -0.25) is 9.00 Å². The second kappa shape index (κ2) is 12.1. The Morgan fingerprint density at radius 1 is 1.14 bits per heavy atom. The first-order valence-electron chi connectivity index (χ1n) is 12.9. The molecule has 5 nitrogen and oxygen atoms in total. The number of carbonyl (C=O) groups excluding carboxylic acids is 1. The largest absolute Gasteiger partial charge is 0.390 e. The van der Waals surface area contributed by atoms with E-state index in [-0.39, 0.29) is 29.5 Å². The molecule has 1 fully saturated rings. The van der Waals surface area contributed by atoms with Gasteiger partial charge >= 0.3 is 0 Å². The summed E-state index contributed by atoms with van der Waals surface area (Å²) in [5.41, 5.74) is 2.22. The van der Waals surface area contributed by atoms with Crippen molar-refractivity contribution >= 4 is 16.7 Å². The van der Waals surface area contributed by atoms with Gasteiger partial charge in [0.05, 0.1) is 12.1 Å². The molecule has 0 aromatic heterocycles. The summed E-state index contributed by atoms with van der Waals surface area (Å²) < 4.78 is 39.7. The number of carbonyl (C=O) groups is 1. The van der Waals surface area contributed by atoms with Crippen LogP contribution in [0.15, 0.2) is 42.5 Å². The lowest BCUT2D eigenvalue weighted by Crippen LogP contribution is -2.54. The maximum Gasteiger partial charge on any atom is 0.217 e. The smallest absolute Gasteiger partial charge is 0.217 e. The molecule has 2 aromatic carbocycles. The summed E-state index contributed by atoms with van der Waals surface area (Å²) in [7, 11) is -0.899. The zero-order valence-electron chi connectivity index (χ0n) is 22.4. The Labute approximate surface area is 221 Å². The van der Waals surface area contributed by atoms with Gasteiger partial charge in [-0.1, -0.05) is 45.0 Å². The number of halogens is 2. The minimum absolute atomic E-state index is 0.0322. The molecular formula is C29H40F2N2O3S. The Morgan fingerprint density at radius 3 is 2.30 bits per heavy atom. The van der Waals surface area contributed by atoms with E-state index in [4.69, 9.17) is 0 Å². The van der Waals surface area contributed by atoms with E-state index in [1.165, 1.54) is 24.6 Å². The summed E-state index contributed by atoms with van der Waals surface area (Å²) in [5, 5.41) is 17.6. The summed E-state index contributed by atoms with van der Waals surface area (Å²) in [6, 6.07) is 11.0. The van der Waals surface area contributed by atoms with Gasteiger partial charge in [0.25, 0.3) is 0 Å². The van der Waals surface area contributed by atoms with Crippen molar-refractivity contribution in [2.75, 3.05) is 12.8 Å². The molecule has 1 aliphatic rings. The van der Waals surface area contributed by atoms with Gasteiger partial charge in [-0.05, 0) is 66.3 Å². The first-order valence-corrected chi connectivity index (χ1v) is 14.5. The van der Waals surface area contributed by atoms with Crippen molar-refractivity contribution in [2.24, 2.45) is 0 Å². The van der Waals surface area contributed by atoms with E-state index >= 15 is 0 Å². The third-order valence-electron chi connectivity index (χ3n) is 7.42. The Hall–Kier alpha value is -2.16. The molecule has 0 aliphatic heterocycles. The Balaban J connectivity index is 1.85. The molecule has 1 saturated carbocycles. The molecule has 3 unspecified atom stereocenters. The van der Waals surface area contributed by atoms with Crippen LogP contribution in [0.2, 0.25) is 0 Å². The number of aliphatic hydroxyl groups excluding tert-OH is 1. The van der Waals surface area contributed by atoms with Crippen molar-refractivity contribution in [3.05, 3.63) is 70.8 Å². The summed E-state index contributed by atoms with van der Waals surface area (Å²) in [6.45, 7) is 8.02. The minimum Gasteiger partial charge on any atom is -0.390 e. The lowest BCUT2D eigenvalue weighted by Gasteiger charge is -2.42. The van der Waals surface area contributed by atoms with Crippen LogP contribution in [0.25, 0.3) is 0 Å². The topological polar surface area (TPSA) is 78.4 Å². The van der Waals surface area contributed by atoms with Crippen LogP contribution >= 0.6 is 0 Å². The lowest BCUT2D eigenvalue weighted by molar-refractivity contribution is -0.120. The first kappa shape index (κ1) is 29.4. The SMILES string of the molecule is CC(=O)NC(Cc1cc(F)cc(F)c1)C(O)CNC1(c2cccc(C(C)(C)C)c2)CCC(S(C)=O)CC1. The normalized spacial score (nSPS) is 22.8. The summed E-state index contributed by atoms with van der Waals surface area (Å²) >= 11 is 0. The van der Waals surface area contributed by atoms with Crippen molar-refractivity contribution in [3.8, 4) is 0 Å². The number of amides is 1. The third-order valence-corrected chi connectivity index (χ3v) is 8.83. The van der Waals surface area contributed by atoms with Crippen LogP contribution in [0.4, 0.5) is 8.78 Å². The van der Waals surface area contributed by atoms with E-state index in [1.54, 1.807) is 6.26 Å². The third kappa shape index (κ3) is 7.91. The molecule has 0 heterocycles. The van der Waals surface area contributed by atoms with Gasteiger partial charge in [0.15, 0.2) is 0 Å². The van der Waals surface area contributed by atoms with Crippen LogP contribution in [-0.4, -0.2) is 45.4 Å². The molecule has 3 rings (SSSR count). The van der Waals surface area contributed by atoms with Crippen molar-refractivity contribution in [3.63, 3.8) is 0 Å². The average molecular weight is 535 g/mol. The molecule has 1 amide bonds. The van der Waals surface area contributed by atoms with Crippen LogP contribution < -0.4 is 10.6 Å². The van der Waals surface area contributed by atoms with Gasteiger partial charge < -0.3 is 15.7 Å². The fourth-order valence-corrected chi connectivity index (χ4v) is 6.14. The lowest BCUT2D eigenvalue weighted by atomic mass is 9.74. The van der Waals surface area contributed by atoms with Crippen molar-refractivity contribution < 1.29 is 22.9 Å². The Morgan fingerprint density at radius 2 is 1.76 bits per heavy atom. The standard InChI is InChI=1S/C29H40F2N2O3S/c1-19(34)33-26(15-20-13-23(30)17-24(31)14-20)27(35)18-32-29(11-9-25(10-12-29)37(5)36)22-8-6-7-21(16-22)28(2,3)4/h6-8,13-14,16-17,25-27,32,35H,9-12,15,18H2,1-5H3,(H,33,34). The number of hydrogen-bond donors (Lipinski definition) is 3. The quantitative estimate of drug-likeness (QED) is 0.444. The second-order valence-corrected chi connectivity index (χ2v) is 13.0. The van der Waals surface area contributed by atoms with Crippen LogP contribution in [0, 0.1) is 11.6 Å². The zero-order valence-corrected chi connectivity index (χ0v) is 23.3. The molecule has 8 heteroatoms. The molecule has 3 N–H and O–H groups in total. The number of rotatable bonds is 9. The van der Waals surface area contributed by atoms with Crippen molar-refractivity contribution in [1.82, 2.24) is 10.6 Å². The average Bonchev–Trinajstić information content (AvgIpc) is 2.81. The molecule has 0 bridgehead atoms.